The number of hydrogen-bond donors (Lipinski definition) is 1. The molecule has 2 fully saturated rings. The van der Waals surface area contributed by atoms with Crippen LogP contribution >= 0.6 is 0 Å². The SMILES string of the molecule is CC12CCC(CC1=O)C2(C)C.CC[NH+](CC)CC. The molecule has 0 aromatic heterocycles. The van der Waals surface area contributed by atoms with Crippen molar-refractivity contribution in [3.05, 3.63) is 0 Å². The number of quaternary nitrogens is 1. The minimum atomic E-state index is 0.0255. The molecular weight excluding hydrogens is 222 g/mol. The molecule has 2 saturated carbocycles. The van der Waals surface area contributed by atoms with Crippen LogP contribution in [-0.2, 0) is 4.79 Å². The minimum Gasteiger partial charge on any atom is -0.336 e. The van der Waals surface area contributed by atoms with Crippen LogP contribution in [0.3, 0.4) is 0 Å². The van der Waals surface area contributed by atoms with Crippen LogP contribution in [0.2, 0.25) is 0 Å². The summed E-state index contributed by atoms with van der Waals surface area (Å²) in [6.45, 7) is 17.2. The van der Waals surface area contributed by atoms with Crippen molar-refractivity contribution < 1.29 is 9.69 Å². The highest BCUT2D eigenvalue weighted by atomic mass is 16.1. The summed E-state index contributed by atoms with van der Waals surface area (Å²) in [7, 11) is 0. The van der Waals surface area contributed by atoms with Gasteiger partial charge in [0.1, 0.15) is 5.78 Å². The topological polar surface area (TPSA) is 21.5 Å². The molecule has 0 heterocycles. The number of Topliss-reactive ketones (excluding diaryl/α,β-unsaturated/α-hetero) is 1. The highest BCUT2D eigenvalue weighted by Gasteiger charge is 2.61. The van der Waals surface area contributed by atoms with E-state index in [2.05, 4.69) is 41.5 Å². The van der Waals surface area contributed by atoms with Crippen molar-refractivity contribution in [1.29, 1.82) is 0 Å². The van der Waals surface area contributed by atoms with E-state index in [1.807, 2.05) is 0 Å². The maximum absolute atomic E-state index is 11.6. The van der Waals surface area contributed by atoms with Crippen molar-refractivity contribution >= 4 is 5.78 Å². The standard InChI is InChI=1S/C10H16O.C6H15N/c1-9(2)7-4-5-10(9,3)8(11)6-7;1-4-7(5-2)6-3/h7H,4-6H2,1-3H3;4-6H2,1-3H3/p+1. The average Bonchev–Trinajstić information content (AvgIpc) is 2.65. The van der Waals surface area contributed by atoms with E-state index in [9.17, 15) is 4.79 Å². The second kappa shape index (κ2) is 5.73. The van der Waals surface area contributed by atoms with Crippen molar-refractivity contribution in [3.63, 3.8) is 0 Å². The summed E-state index contributed by atoms with van der Waals surface area (Å²) in [6.07, 6.45) is 3.25. The van der Waals surface area contributed by atoms with Crippen LogP contribution in [-0.4, -0.2) is 25.4 Å². The Bertz CT molecular complexity index is 288. The third-order valence-electron chi connectivity index (χ3n) is 5.98. The Morgan fingerprint density at radius 3 is 1.72 bits per heavy atom. The van der Waals surface area contributed by atoms with Gasteiger partial charge in [0.15, 0.2) is 0 Å². The zero-order chi connectivity index (χ0) is 14.0. The Morgan fingerprint density at radius 1 is 1.11 bits per heavy atom. The lowest BCUT2D eigenvalue weighted by Crippen LogP contribution is -3.11. The van der Waals surface area contributed by atoms with E-state index in [1.165, 1.54) is 26.1 Å². The van der Waals surface area contributed by atoms with Gasteiger partial charge >= 0.3 is 0 Å². The zero-order valence-electron chi connectivity index (χ0n) is 13.2. The highest BCUT2D eigenvalue weighted by Crippen LogP contribution is 2.63. The number of hydrogen-bond acceptors (Lipinski definition) is 1. The molecule has 0 radical (unpaired) electrons. The van der Waals surface area contributed by atoms with Crippen LogP contribution in [0.1, 0.15) is 60.8 Å². The number of nitrogens with one attached hydrogen (secondary N) is 1. The first kappa shape index (κ1) is 15.7. The molecule has 2 aliphatic rings. The van der Waals surface area contributed by atoms with Gasteiger partial charge in [-0.1, -0.05) is 20.8 Å². The summed E-state index contributed by atoms with van der Waals surface area (Å²) in [5, 5.41) is 0. The molecule has 0 aromatic carbocycles. The van der Waals surface area contributed by atoms with Crippen LogP contribution in [0.25, 0.3) is 0 Å². The van der Waals surface area contributed by atoms with Gasteiger partial charge in [-0.2, -0.15) is 0 Å². The third-order valence-corrected chi connectivity index (χ3v) is 5.98. The Morgan fingerprint density at radius 2 is 1.61 bits per heavy atom. The number of fused-ring (bicyclic) bond motifs is 2. The molecule has 0 aromatic rings. The molecule has 2 nitrogen and oxygen atoms in total. The Balaban J connectivity index is 0.000000203. The van der Waals surface area contributed by atoms with E-state index in [0.717, 1.165) is 12.8 Å². The molecular formula is C16H32NO+. The first-order valence-corrected chi connectivity index (χ1v) is 7.70. The van der Waals surface area contributed by atoms with Crippen LogP contribution < -0.4 is 4.90 Å². The lowest BCUT2D eigenvalue weighted by atomic mass is 9.70. The number of rotatable bonds is 3. The van der Waals surface area contributed by atoms with Gasteiger partial charge in [0, 0.05) is 11.8 Å². The fourth-order valence-corrected chi connectivity index (χ4v) is 3.65. The van der Waals surface area contributed by atoms with Gasteiger partial charge in [-0.15, -0.1) is 0 Å². The van der Waals surface area contributed by atoms with E-state index in [1.54, 1.807) is 4.90 Å². The molecule has 0 amide bonds. The smallest absolute Gasteiger partial charge is 0.139 e. The Hall–Kier alpha value is -0.370. The van der Waals surface area contributed by atoms with E-state index >= 15 is 0 Å². The lowest BCUT2D eigenvalue weighted by molar-refractivity contribution is -0.894. The molecule has 2 aliphatic carbocycles. The van der Waals surface area contributed by atoms with Gasteiger partial charge in [0.25, 0.3) is 0 Å². The summed E-state index contributed by atoms with van der Waals surface area (Å²) >= 11 is 0. The van der Waals surface area contributed by atoms with Gasteiger partial charge in [-0.25, -0.2) is 0 Å². The minimum absolute atomic E-state index is 0.0255. The Kier molecular flexibility index (Phi) is 4.99. The fourth-order valence-electron chi connectivity index (χ4n) is 3.65. The van der Waals surface area contributed by atoms with Crippen molar-refractivity contribution in [2.75, 3.05) is 19.6 Å². The van der Waals surface area contributed by atoms with Crippen LogP contribution in [0, 0.1) is 16.7 Å². The largest absolute Gasteiger partial charge is 0.336 e. The molecule has 0 spiro atoms. The lowest BCUT2D eigenvalue weighted by Gasteiger charge is -2.32. The van der Waals surface area contributed by atoms with Gasteiger partial charge in [0.05, 0.1) is 19.6 Å². The second-order valence-corrected chi connectivity index (χ2v) is 6.73. The average molecular weight is 254 g/mol. The summed E-state index contributed by atoms with van der Waals surface area (Å²) in [4.78, 5) is 13.3. The first-order chi connectivity index (χ1) is 8.33. The van der Waals surface area contributed by atoms with Crippen molar-refractivity contribution in [3.8, 4) is 0 Å². The predicted octanol–water partition coefficient (Wildman–Crippen LogP) is 2.33. The number of ketones is 1. The summed E-state index contributed by atoms with van der Waals surface area (Å²) in [5.41, 5.74) is 0.307. The van der Waals surface area contributed by atoms with E-state index in [-0.39, 0.29) is 10.8 Å². The van der Waals surface area contributed by atoms with Gasteiger partial charge in [-0.05, 0) is 44.9 Å². The summed E-state index contributed by atoms with van der Waals surface area (Å²) in [5.74, 6) is 1.19. The van der Waals surface area contributed by atoms with Crippen molar-refractivity contribution in [2.45, 2.75) is 60.8 Å². The van der Waals surface area contributed by atoms with Gasteiger partial charge in [0.2, 0.25) is 0 Å². The Labute approximate surface area is 113 Å². The molecule has 2 bridgehead atoms. The molecule has 1 N–H and O–H groups in total. The van der Waals surface area contributed by atoms with Gasteiger partial charge in [-0.3, -0.25) is 4.79 Å². The maximum atomic E-state index is 11.6. The summed E-state index contributed by atoms with van der Waals surface area (Å²) < 4.78 is 0. The quantitative estimate of drug-likeness (QED) is 0.820. The van der Waals surface area contributed by atoms with E-state index in [4.69, 9.17) is 0 Å². The summed E-state index contributed by atoms with van der Waals surface area (Å²) in [6, 6.07) is 0. The number of carbonyl (C=O) groups is 1. The van der Waals surface area contributed by atoms with Crippen LogP contribution in [0.5, 0.6) is 0 Å². The molecule has 0 aliphatic heterocycles. The molecule has 0 saturated heterocycles. The molecule has 2 heteroatoms. The highest BCUT2D eigenvalue weighted by molar-refractivity contribution is 5.89. The molecule has 2 rings (SSSR count). The molecule has 2 atom stereocenters. The maximum Gasteiger partial charge on any atom is 0.139 e. The molecule has 18 heavy (non-hydrogen) atoms. The van der Waals surface area contributed by atoms with Crippen LogP contribution in [0.15, 0.2) is 0 Å². The monoisotopic (exact) mass is 254 g/mol. The molecule has 2 unspecified atom stereocenters. The third kappa shape index (κ3) is 2.49. The van der Waals surface area contributed by atoms with Crippen molar-refractivity contribution in [2.24, 2.45) is 16.7 Å². The fraction of sp³-hybridized carbons (Fsp3) is 0.938. The van der Waals surface area contributed by atoms with E-state index < -0.39 is 0 Å². The van der Waals surface area contributed by atoms with E-state index in [0.29, 0.717) is 11.7 Å². The zero-order valence-corrected chi connectivity index (χ0v) is 13.2. The normalized spacial score (nSPS) is 32.6. The van der Waals surface area contributed by atoms with Gasteiger partial charge < -0.3 is 4.90 Å². The predicted molar refractivity (Wildman–Crippen MR) is 76.8 cm³/mol. The number of carbonyl (C=O) groups excluding carboxylic acids is 1. The van der Waals surface area contributed by atoms with Crippen LogP contribution in [0.4, 0.5) is 0 Å². The first-order valence-electron chi connectivity index (χ1n) is 7.70. The molecule has 106 valence electrons. The second-order valence-electron chi connectivity index (χ2n) is 6.73. The van der Waals surface area contributed by atoms with Crippen molar-refractivity contribution in [1.82, 2.24) is 0 Å².